The molecule has 0 fully saturated rings. The molecular formula is C16H23BrN2S. The minimum atomic E-state index is 0.170. The lowest BCUT2D eigenvalue weighted by Gasteiger charge is -2.30. The third-order valence-electron chi connectivity index (χ3n) is 3.21. The zero-order valence-corrected chi connectivity index (χ0v) is 14.9. The Balaban J connectivity index is 2.18. The van der Waals surface area contributed by atoms with Crippen molar-refractivity contribution in [1.29, 1.82) is 0 Å². The summed E-state index contributed by atoms with van der Waals surface area (Å²) in [5.41, 5.74) is 2.84. The van der Waals surface area contributed by atoms with E-state index in [-0.39, 0.29) is 5.54 Å². The summed E-state index contributed by atoms with van der Waals surface area (Å²) in [6.45, 7) is 8.81. The summed E-state index contributed by atoms with van der Waals surface area (Å²) in [7, 11) is 0. The van der Waals surface area contributed by atoms with E-state index in [4.69, 9.17) is 0 Å². The zero-order valence-electron chi connectivity index (χ0n) is 12.4. The van der Waals surface area contributed by atoms with Crippen molar-refractivity contribution in [2.75, 3.05) is 18.4 Å². The summed E-state index contributed by atoms with van der Waals surface area (Å²) >= 11 is 5.37. The fourth-order valence-electron chi connectivity index (χ4n) is 2.05. The molecule has 0 spiro atoms. The second-order valence-electron chi connectivity index (χ2n) is 5.94. The Morgan fingerprint density at radius 2 is 1.95 bits per heavy atom. The number of hydrogen-bond donors (Lipinski definition) is 1. The van der Waals surface area contributed by atoms with Gasteiger partial charge < -0.3 is 5.32 Å². The van der Waals surface area contributed by atoms with E-state index in [0.29, 0.717) is 0 Å². The Hall–Kier alpha value is -0.450. The molecule has 4 heteroatoms. The molecule has 2 nitrogen and oxygen atoms in total. The van der Waals surface area contributed by atoms with Crippen molar-refractivity contribution >= 4 is 32.8 Å². The van der Waals surface area contributed by atoms with Gasteiger partial charge in [-0.2, -0.15) is 0 Å². The number of alkyl halides is 1. The van der Waals surface area contributed by atoms with Crippen molar-refractivity contribution in [3.05, 3.63) is 41.6 Å². The summed E-state index contributed by atoms with van der Waals surface area (Å²) in [6, 6.07) is 10.7. The first kappa shape index (κ1) is 15.9. The Labute approximate surface area is 135 Å². The first-order chi connectivity index (χ1) is 9.52. The van der Waals surface area contributed by atoms with E-state index < -0.39 is 0 Å². The van der Waals surface area contributed by atoms with Gasteiger partial charge in [0, 0.05) is 23.1 Å². The van der Waals surface area contributed by atoms with E-state index >= 15 is 0 Å². The highest BCUT2D eigenvalue weighted by Gasteiger charge is 2.31. The molecule has 2 rings (SSSR count). The SMILES string of the molecule is CC(C)(C)N1CC(NCCCBr)=C(c2ccccc2)S1. The van der Waals surface area contributed by atoms with Crippen LogP contribution < -0.4 is 5.32 Å². The van der Waals surface area contributed by atoms with Crippen molar-refractivity contribution < 1.29 is 0 Å². The maximum atomic E-state index is 3.62. The zero-order chi connectivity index (χ0) is 14.6. The standard InChI is InChI=1S/C16H23BrN2S/c1-16(2,3)19-12-14(18-11-7-10-17)15(20-19)13-8-5-4-6-9-13/h4-6,8-9,18H,7,10-12H2,1-3H3. The Kier molecular flexibility index (Phi) is 5.58. The molecule has 0 saturated carbocycles. The number of hydrogen-bond acceptors (Lipinski definition) is 3. The van der Waals surface area contributed by atoms with E-state index in [1.165, 1.54) is 16.2 Å². The van der Waals surface area contributed by atoms with E-state index in [0.717, 1.165) is 24.8 Å². The molecule has 0 atom stereocenters. The fraction of sp³-hybridized carbons (Fsp3) is 0.500. The quantitative estimate of drug-likeness (QED) is 0.476. The topological polar surface area (TPSA) is 15.3 Å². The van der Waals surface area contributed by atoms with Crippen LogP contribution in [0.5, 0.6) is 0 Å². The van der Waals surface area contributed by atoms with E-state index in [9.17, 15) is 0 Å². The van der Waals surface area contributed by atoms with Crippen molar-refractivity contribution in [3.8, 4) is 0 Å². The predicted molar refractivity (Wildman–Crippen MR) is 93.8 cm³/mol. The molecule has 0 bridgehead atoms. The van der Waals surface area contributed by atoms with Crippen molar-refractivity contribution in [2.24, 2.45) is 0 Å². The van der Waals surface area contributed by atoms with Crippen LogP contribution in [0.4, 0.5) is 0 Å². The number of nitrogens with zero attached hydrogens (tertiary/aromatic N) is 1. The van der Waals surface area contributed by atoms with Gasteiger partial charge in [0.1, 0.15) is 0 Å². The van der Waals surface area contributed by atoms with Gasteiger partial charge in [-0.15, -0.1) is 0 Å². The third-order valence-corrected chi connectivity index (χ3v) is 5.33. The molecule has 0 amide bonds. The van der Waals surface area contributed by atoms with Crippen LogP contribution in [0.15, 0.2) is 36.0 Å². The molecule has 0 unspecified atom stereocenters. The van der Waals surface area contributed by atoms with Crippen LogP contribution in [0, 0.1) is 0 Å². The normalized spacial score (nSPS) is 16.8. The summed E-state index contributed by atoms with van der Waals surface area (Å²) < 4.78 is 2.45. The summed E-state index contributed by atoms with van der Waals surface area (Å²) in [5, 5.41) is 4.67. The van der Waals surface area contributed by atoms with Gasteiger partial charge in [-0.05, 0) is 44.7 Å². The lowest BCUT2D eigenvalue weighted by Crippen LogP contribution is -2.36. The van der Waals surface area contributed by atoms with Crippen LogP contribution in [0.2, 0.25) is 0 Å². The largest absolute Gasteiger partial charge is 0.386 e. The molecule has 0 aromatic heterocycles. The van der Waals surface area contributed by atoms with Crippen molar-refractivity contribution in [2.45, 2.75) is 32.7 Å². The van der Waals surface area contributed by atoms with E-state index in [2.05, 4.69) is 76.7 Å². The molecule has 1 aliphatic heterocycles. The molecule has 0 radical (unpaired) electrons. The Morgan fingerprint density at radius 1 is 1.25 bits per heavy atom. The average Bonchev–Trinajstić information content (AvgIpc) is 2.84. The molecular weight excluding hydrogens is 332 g/mol. The molecule has 1 aromatic rings. The van der Waals surface area contributed by atoms with E-state index in [1.54, 1.807) is 0 Å². The minimum Gasteiger partial charge on any atom is -0.386 e. The Bertz CT molecular complexity index is 465. The van der Waals surface area contributed by atoms with Gasteiger partial charge in [0.15, 0.2) is 0 Å². The molecule has 0 saturated heterocycles. The maximum Gasteiger partial charge on any atom is 0.0509 e. The first-order valence-corrected chi connectivity index (χ1v) is 8.96. The van der Waals surface area contributed by atoms with Crippen LogP contribution >= 0.6 is 27.9 Å². The second kappa shape index (κ2) is 7.01. The highest BCUT2D eigenvalue weighted by molar-refractivity contribution is 9.09. The highest BCUT2D eigenvalue weighted by atomic mass is 79.9. The van der Waals surface area contributed by atoms with Gasteiger partial charge in [-0.3, -0.25) is 0 Å². The van der Waals surface area contributed by atoms with Gasteiger partial charge in [0.25, 0.3) is 0 Å². The minimum absolute atomic E-state index is 0.170. The van der Waals surface area contributed by atoms with Crippen LogP contribution in [-0.2, 0) is 0 Å². The molecule has 1 N–H and O–H groups in total. The molecule has 20 heavy (non-hydrogen) atoms. The lowest BCUT2D eigenvalue weighted by molar-refractivity contribution is 0.293. The van der Waals surface area contributed by atoms with Crippen LogP contribution in [0.1, 0.15) is 32.8 Å². The van der Waals surface area contributed by atoms with E-state index in [1.807, 2.05) is 11.9 Å². The van der Waals surface area contributed by atoms with Crippen molar-refractivity contribution in [1.82, 2.24) is 9.62 Å². The Morgan fingerprint density at radius 3 is 2.55 bits per heavy atom. The predicted octanol–water partition coefficient (Wildman–Crippen LogP) is 4.49. The monoisotopic (exact) mass is 354 g/mol. The first-order valence-electron chi connectivity index (χ1n) is 7.06. The second-order valence-corrected chi connectivity index (χ2v) is 7.77. The number of halogens is 1. The molecule has 1 aliphatic rings. The van der Waals surface area contributed by atoms with Gasteiger partial charge in [0.05, 0.1) is 11.4 Å². The average molecular weight is 355 g/mol. The maximum absolute atomic E-state index is 3.62. The number of benzene rings is 1. The van der Waals surface area contributed by atoms with Gasteiger partial charge in [-0.25, -0.2) is 4.31 Å². The summed E-state index contributed by atoms with van der Waals surface area (Å²) in [6.07, 6.45) is 1.14. The summed E-state index contributed by atoms with van der Waals surface area (Å²) in [5.74, 6) is 0. The number of rotatable bonds is 5. The highest BCUT2D eigenvalue weighted by Crippen LogP contribution is 2.42. The summed E-state index contributed by atoms with van der Waals surface area (Å²) in [4.78, 5) is 1.37. The third kappa shape index (κ3) is 4.03. The van der Waals surface area contributed by atoms with Gasteiger partial charge >= 0.3 is 0 Å². The smallest absolute Gasteiger partial charge is 0.0509 e. The number of nitrogens with one attached hydrogen (secondary N) is 1. The lowest BCUT2D eigenvalue weighted by atomic mass is 10.1. The van der Waals surface area contributed by atoms with Crippen LogP contribution in [0.25, 0.3) is 4.91 Å². The van der Waals surface area contributed by atoms with Gasteiger partial charge in [0.2, 0.25) is 0 Å². The molecule has 0 aliphatic carbocycles. The van der Waals surface area contributed by atoms with Crippen LogP contribution in [-0.4, -0.2) is 28.3 Å². The molecule has 1 heterocycles. The molecule has 1 aromatic carbocycles. The van der Waals surface area contributed by atoms with Crippen LogP contribution in [0.3, 0.4) is 0 Å². The van der Waals surface area contributed by atoms with Crippen molar-refractivity contribution in [3.63, 3.8) is 0 Å². The van der Waals surface area contributed by atoms with Gasteiger partial charge in [-0.1, -0.05) is 46.3 Å². The fourth-order valence-corrected chi connectivity index (χ4v) is 3.50. The molecule has 110 valence electrons.